The molecule has 7 heteroatoms. The number of esters is 1. The molecule has 0 fully saturated rings. The minimum Gasteiger partial charge on any atom is -0.466 e. The fourth-order valence-corrected chi connectivity index (χ4v) is 2.50. The van der Waals surface area contributed by atoms with Gasteiger partial charge in [0.2, 0.25) is 0 Å². The van der Waals surface area contributed by atoms with Crippen molar-refractivity contribution in [1.29, 1.82) is 0 Å². The van der Waals surface area contributed by atoms with Gasteiger partial charge in [-0.3, -0.25) is 14.5 Å². The van der Waals surface area contributed by atoms with Gasteiger partial charge in [-0.1, -0.05) is 6.07 Å². The van der Waals surface area contributed by atoms with Crippen LogP contribution in [0.1, 0.15) is 13.3 Å². The largest absolute Gasteiger partial charge is 0.466 e. The van der Waals surface area contributed by atoms with Gasteiger partial charge in [-0.15, -0.1) is 11.3 Å². The van der Waals surface area contributed by atoms with Crippen molar-refractivity contribution in [3.63, 3.8) is 0 Å². The first kappa shape index (κ1) is 13.0. The summed E-state index contributed by atoms with van der Waals surface area (Å²) in [5.41, 5.74) is 0. The maximum Gasteiger partial charge on any atom is 0.307 e. The van der Waals surface area contributed by atoms with E-state index in [9.17, 15) is 4.79 Å². The van der Waals surface area contributed by atoms with Crippen LogP contribution in [0.5, 0.6) is 0 Å². The van der Waals surface area contributed by atoms with Gasteiger partial charge in [0, 0.05) is 6.54 Å². The van der Waals surface area contributed by atoms with E-state index in [0.29, 0.717) is 24.3 Å². The number of ether oxygens (including phenoxy) is 1. The predicted molar refractivity (Wildman–Crippen MR) is 72.0 cm³/mol. The van der Waals surface area contributed by atoms with E-state index in [0.717, 1.165) is 10.7 Å². The molecule has 0 aliphatic heterocycles. The lowest BCUT2D eigenvalue weighted by atomic mass is 10.4. The summed E-state index contributed by atoms with van der Waals surface area (Å²) in [7, 11) is 0. The molecule has 96 valence electrons. The zero-order valence-electron chi connectivity index (χ0n) is 9.88. The van der Waals surface area contributed by atoms with Crippen LogP contribution in [0.3, 0.4) is 0 Å². The highest BCUT2D eigenvalue weighted by molar-refractivity contribution is 7.71. The number of carbonyl (C=O) groups is 1. The molecule has 0 aromatic carbocycles. The number of thiophene rings is 1. The summed E-state index contributed by atoms with van der Waals surface area (Å²) in [6.45, 7) is 2.66. The molecule has 2 rings (SSSR count). The van der Waals surface area contributed by atoms with E-state index in [4.69, 9.17) is 17.0 Å². The van der Waals surface area contributed by atoms with E-state index in [1.165, 1.54) is 0 Å². The second-order valence-electron chi connectivity index (χ2n) is 3.54. The lowest BCUT2D eigenvalue weighted by molar-refractivity contribution is -0.143. The summed E-state index contributed by atoms with van der Waals surface area (Å²) < 4.78 is 7.23. The number of aromatic amines is 1. The first-order chi connectivity index (χ1) is 8.72. The predicted octanol–water partition coefficient (Wildman–Crippen LogP) is 2.62. The van der Waals surface area contributed by atoms with Crippen LogP contribution >= 0.6 is 23.6 Å². The molecule has 0 atom stereocenters. The van der Waals surface area contributed by atoms with Crippen LogP contribution in [0.15, 0.2) is 17.5 Å². The van der Waals surface area contributed by atoms with Crippen LogP contribution in [0.4, 0.5) is 0 Å². The van der Waals surface area contributed by atoms with E-state index < -0.39 is 0 Å². The summed E-state index contributed by atoms with van der Waals surface area (Å²) in [6, 6.07) is 3.92. The lowest BCUT2D eigenvalue weighted by Gasteiger charge is -2.05. The maximum absolute atomic E-state index is 11.3. The standard InChI is InChI=1S/C11H13N3O2S2/c1-2-16-9(15)5-6-14-10(12-13-11(14)17)8-4-3-7-18-8/h3-4,7H,2,5-6H2,1H3,(H,13,17). The van der Waals surface area contributed by atoms with Gasteiger partial charge in [0.05, 0.1) is 17.9 Å². The first-order valence-corrected chi connectivity index (χ1v) is 6.86. The highest BCUT2D eigenvalue weighted by Gasteiger charge is 2.11. The van der Waals surface area contributed by atoms with E-state index in [-0.39, 0.29) is 5.97 Å². The van der Waals surface area contributed by atoms with Crippen molar-refractivity contribution in [2.75, 3.05) is 6.61 Å². The fourth-order valence-electron chi connectivity index (χ4n) is 1.56. The zero-order valence-corrected chi connectivity index (χ0v) is 11.5. The van der Waals surface area contributed by atoms with Crippen LogP contribution in [-0.4, -0.2) is 27.3 Å². The molecule has 18 heavy (non-hydrogen) atoms. The summed E-state index contributed by atoms with van der Waals surface area (Å²) in [6.07, 6.45) is 0.292. The van der Waals surface area contributed by atoms with E-state index in [1.54, 1.807) is 18.3 Å². The molecular formula is C11H13N3O2S2. The number of carbonyl (C=O) groups excluding carboxylic acids is 1. The molecule has 5 nitrogen and oxygen atoms in total. The average Bonchev–Trinajstić information content (AvgIpc) is 2.96. The van der Waals surface area contributed by atoms with Gasteiger partial charge in [0.15, 0.2) is 10.6 Å². The van der Waals surface area contributed by atoms with Gasteiger partial charge in [-0.2, -0.15) is 5.10 Å². The third-order valence-electron chi connectivity index (χ3n) is 2.34. The maximum atomic E-state index is 11.3. The Balaban J connectivity index is 2.15. The monoisotopic (exact) mass is 283 g/mol. The SMILES string of the molecule is CCOC(=O)CCn1c(-c2cccs2)n[nH]c1=S. The number of aromatic nitrogens is 3. The first-order valence-electron chi connectivity index (χ1n) is 5.57. The molecule has 0 amide bonds. The number of nitrogens with one attached hydrogen (secondary N) is 1. The second kappa shape index (κ2) is 5.92. The quantitative estimate of drug-likeness (QED) is 0.677. The van der Waals surface area contributed by atoms with Gasteiger partial charge in [0.25, 0.3) is 0 Å². The molecule has 0 aliphatic carbocycles. The number of hydrogen-bond acceptors (Lipinski definition) is 5. The van der Waals surface area contributed by atoms with Crippen LogP contribution in [0.2, 0.25) is 0 Å². The van der Waals surface area contributed by atoms with Crippen LogP contribution < -0.4 is 0 Å². The molecule has 2 aromatic heterocycles. The number of H-pyrrole nitrogens is 1. The van der Waals surface area contributed by atoms with Crippen molar-refractivity contribution < 1.29 is 9.53 Å². The Labute approximate surface area is 113 Å². The third kappa shape index (κ3) is 2.85. The van der Waals surface area contributed by atoms with Crippen molar-refractivity contribution in [3.05, 3.63) is 22.3 Å². The van der Waals surface area contributed by atoms with Gasteiger partial charge in [-0.25, -0.2) is 0 Å². The fraction of sp³-hybridized carbons (Fsp3) is 0.364. The summed E-state index contributed by atoms with van der Waals surface area (Å²) >= 11 is 6.74. The summed E-state index contributed by atoms with van der Waals surface area (Å²) in [5, 5.41) is 8.91. The van der Waals surface area contributed by atoms with E-state index in [1.807, 2.05) is 22.1 Å². The summed E-state index contributed by atoms with van der Waals surface area (Å²) in [4.78, 5) is 12.4. The summed E-state index contributed by atoms with van der Waals surface area (Å²) in [5.74, 6) is 0.539. The van der Waals surface area contributed by atoms with Crippen molar-refractivity contribution in [2.24, 2.45) is 0 Å². The molecule has 2 heterocycles. The third-order valence-corrected chi connectivity index (χ3v) is 3.52. The van der Waals surface area contributed by atoms with Crippen molar-refractivity contribution in [3.8, 4) is 10.7 Å². The Hall–Kier alpha value is -1.47. The van der Waals surface area contributed by atoms with Crippen LogP contribution in [-0.2, 0) is 16.1 Å². The van der Waals surface area contributed by atoms with E-state index >= 15 is 0 Å². The molecule has 0 radical (unpaired) electrons. The highest BCUT2D eigenvalue weighted by atomic mass is 32.1. The Morgan fingerprint density at radius 2 is 2.50 bits per heavy atom. The number of hydrogen-bond donors (Lipinski definition) is 1. The second-order valence-corrected chi connectivity index (χ2v) is 4.87. The molecule has 0 unspecified atom stereocenters. The topological polar surface area (TPSA) is 59.9 Å². The minimum atomic E-state index is -0.224. The number of rotatable bonds is 5. The molecule has 1 N–H and O–H groups in total. The smallest absolute Gasteiger partial charge is 0.307 e. The van der Waals surface area contributed by atoms with Crippen molar-refractivity contribution >= 4 is 29.5 Å². The Morgan fingerprint density at radius 1 is 1.67 bits per heavy atom. The molecule has 0 bridgehead atoms. The van der Waals surface area contributed by atoms with Crippen LogP contribution in [0.25, 0.3) is 10.7 Å². The molecule has 0 spiro atoms. The van der Waals surface area contributed by atoms with Crippen molar-refractivity contribution in [1.82, 2.24) is 14.8 Å². The average molecular weight is 283 g/mol. The molecule has 0 saturated carbocycles. The molecule has 0 saturated heterocycles. The van der Waals surface area contributed by atoms with Gasteiger partial charge in [-0.05, 0) is 30.6 Å². The Morgan fingerprint density at radius 3 is 3.17 bits per heavy atom. The highest BCUT2D eigenvalue weighted by Crippen LogP contribution is 2.22. The molecular weight excluding hydrogens is 270 g/mol. The minimum absolute atomic E-state index is 0.224. The lowest BCUT2D eigenvalue weighted by Crippen LogP contribution is -2.09. The van der Waals surface area contributed by atoms with Crippen molar-refractivity contribution in [2.45, 2.75) is 19.9 Å². The Bertz CT molecular complexity index is 571. The van der Waals surface area contributed by atoms with Crippen LogP contribution in [0, 0.1) is 4.77 Å². The normalized spacial score (nSPS) is 10.5. The van der Waals surface area contributed by atoms with Gasteiger partial charge < -0.3 is 4.74 Å². The number of nitrogens with zero attached hydrogens (tertiary/aromatic N) is 2. The molecule has 2 aromatic rings. The van der Waals surface area contributed by atoms with Gasteiger partial charge in [0.1, 0.15) is 0 Å². The van der Waals surface area contributed by atoms with E-state index in [2.05, 4.69) is 10.2 Å². The van der Waals surface area contributed by atoms with Gasteiger partial charge >= 0.3 is 5.97 Å². The zero-order chi connectivity index (χ0) is 13.0. The molecule has 0 aliphatic rings. The Kier molecular flexibility index (Phi) is 4.27.